The zero-order valence-electron chi connectivity index (χ0n) is 14.8. The van der Waals surface area contributed by atoms with E-state index < -0.39 is 28.3 Å². The highest BCUT2D eigenvalue weighted by Gasteiger charge is 2.19. The molecule has 11 heteroatoms. The minimum atomic E-state index is -0.864. The van der Waals surface area contributed by atoms with Gasteiger partial charge in [0, 0.05) is 11.6 Å². The van der Waals surface area contributed by atoms with Crippen molar-refractivity contribution >= 4 is 28.9 Å². The molecule has 1 N–H and O–H groups in total. The van der Waals surface area contributed by atoms with Crippen molar-refractivity contribution in [3.63, 3.8) is 0 Å². The molecule has 28 heavy (non-hydrogen) atoms. The van der Waals surface area contributed by atoms with Crippen LogP contribution in [0.1, 0.15) is 15.9 Å². The molecule has 0 unspecified atom stereocenters. The Morgan fingerprint density at radius 1 is 1.04 bits per heavy atom. The van der Waals surface area contributed by atoms with Gasteiger partial charge in [-0.15, -0.1) is 0 Å². The summed E-state index contributed by atoms with van der Waals surface area (Å²) >= 11 is 0. The molecule has 0 aliphatic rings. The van der Waals surface area contributed by atoms with Gasteiger partial charge in [0.1, 0.15) is 11.4 Å². The Morgan fingerprint density at radius 2 is 1.71 bits per heavy atom. The Balaban J connectivity index is 2.03. The molecule has 0 aliphatic carbocycles. The Morgan fingerprint density at radius 3 is 2.29 bits per heavy atom. The fraction of sp³-hybridized carbons (Fsp3) is 0.176. The third kappa shape index (κ3) is 4.78. The van der Waals surface area contributed by atoms with Gasteiger partial charge >= 0.3 is 5.97 Å². The van der Waals surface area contributed by atoms with Crippen molar-refractivity contribution < 1.29 is 28.9 Å². The summed E-state index contributed by atoms with van der Waals surface area (Å²) in [4.78, 5) is 44.6. The normalized spacial score (nSPS) is 10.1. The van der Waals surface area contributed by atoms with Gasteiger partial charge < -0.3 is 14.8 Å². The largest absolute Gasteiger partial charge is 0.496 e. The van der Waals surface area contributed by atoms with E-state index in [2.05, 4.69) is 5.32 Å². The Bertz CT molecular complexity index is 957. The van der Waals surface area contributed by atoms with Gasteiger partial charge in [-0.05, 0) is 31.2 Å². The summed E-state index contributed by atoms with van der Waals surface area (Å²) in [7, 11) is 1.34. The number of esters is 1. The summed E-state index contributed by atoms with van der Waals surface area (Å²) in [6.45, 7) is 0.766. The van der Waals surface area contributed by atoms with Crippen LogP contribution in [0.4, 0.5) is 17.1 Å². The minimum absolute atomic E-state index is 0.0336. The molecule has 0 bridgehead atoms. The maximum absolute atomic E-state index is 12.0. The minimum Gasteiger partial charge on any atom is -0.496 e. The van der Waals surface area contributed by atoms with Crippen LogP contribution >= 0.6 is 0 Å². The second kappa shape index (κ2) is 8.58. The van der Waals surface area contributed by atoms with Crippen LogP contribution in [0, 0.1) is 27.2 Å². The van der Waals surface area contributed by atoms with Gasteiger partial charge in [-0.25, -0.2) is 4.79 Å². The van der Waals surface area contributed by atoms with E-state index in [0.29, 0.717) is 0 Å². The number of anilines is 1. The number of hydrogen-bond acceptors (Lipinski definition) is 8. The number of nitro benzene ring substituents is 2. The average Bonchev–Trinajstić information content (AvgIpc) is 2.65. The van der Waals surface area contributed by atoms with Gasteiger partial charge in [0.15, 0.2) is 6.61 Å². The number of rotatable bonds is 7. The predicted octanol–water partition coefficient (Wildman–Crippen LogP) is 2.62. The number of nitro groups is 2. The molecule has 0 aliphatic heterocycles. The molecular weight excluding hydrogens is 374 g/mol. The molecule has 2 aromatic carbocycles. The quantitative estimate of drug-likeness (QED) is 0.431. The van der Waals surface area contributed by atoms with E-state index in [4.69, 9.17) is 9.47 Å². The molecule has 0 saturated carbocycles. The zero-order chi connectivity index (χ0) is 20.8. The van der Waals surface area contributed by atoms with E-state index >= 15 is 0 Å². The first-order valence-electron chi connectivity index (χ1n) is 7.77. The smallest absolute Gasteiger partial charge is 0.338 e. The molecule has 1 amide bonds. The van der Waals surface area contributed by atoms with Crippen molar-refractivity contribution in [3.8, 4) is 5.75 Å². The first kappa shape index (κ1) is 20.3. The highest BCUT2D eigenvalue weighted by molar-refractivity contribution is 5.97. The maximum Gasteiger partial charge on any atom is 0.338 e. The SMILES string of the molecule is COc1ccc(NC(=O)COC(=O)c2ccc([N+](=O)[O-])c(C)c2)c([N+](=O)[O-])c1. The number of carbonyl (C=O) groups is 2. The van der Waals surface area contributed by atoms with Crippen LogP contribution in [0.15, 0.2) is 36.4 Å². The van der Waals surface area contributed by atoms with E-state index in [1.165, 1.54) is 38.3 Å². The second-order valence-corrected chi connectivity index (χ2v) is 5.52. The molecule has 0 atom stereocenters. The van der Waals surface area contributed by atoms with Gasteiger partial charge in [0.2, 0.25) is 0 Å². The molecule has 0 aromatic heterocycles. The molecule has 2 rings (SSSR count). The van der Waals surface area contributed by atoms with Crippen LogP contribution in [0.5, 0.6) is 5.75 Å². The van der Waals surface area contributed by atoms with Gasteiger partial charge in [-0.3, -0.25) is 25.0 Å². The molecule has 146 valence electrons. The highest BCUT2D eigenvalue weighted by atomic mass is 16.6. The van der Waals surface area contributed by atoms with Crippen LogP contribution in [-0.2, 0) is 9.53 Å². The molecule has 0 heterocycles. The molecular formula is C17H15N3O8. The molecule has 0 saturated heterocycles. The molecule has 11 nitrogen and oxygen atoms in total. The summed E-state index contributed by atoms with van der Waals surface area (Å²) in [5, 5.41) is 24.2. The Kier molecular flexibility index (Phi) is 6.22. The van der Waals surface area contributed by atoms with Crippen molar-refractivity contribution in [2.45, 2.75) is 6.92 Å². The zero-order valence-corrected chi connectivity index (χ0v) is 14.8. The summed E-state index contributed by atoms with van der Waals surface area (Å²) in [5.74, 6) is -1.41. The third-order valence-corrected chi connectivity index (χ3v) is 3.64. The van der Waals surface area contributed by atoms with Crippen molar-refractivity contribution in [1.82, 2.24) is 0 Å². The number of hydrogen-bond donors (Lipinski definition) is 1. The van der Waals surface area contributed by atoms with E-state index in [1.54, 1.807) is 0 Å². The van der Waals surface area contributed by atoms with Crippen molar-refractivity contribution in [3.05, 3.63) is 67.8 Å². The number of aryl methyl sites for hydroxylation is 1. The van der Waals surface area contributed by atoms with Crippen LogP contribution in [0.3, 0.4) is 0 Å². The highest BCUT2D eigenvalue weighted by Crippen LogP contribution is 2.28. The third-order valence-electron chi connectivity index (χ3n) is 3.64. The standard InChI is InChI=1S/C17H15N3O8/c1-10-7-11(3-6-14(10)19(23)24)17(22)28-9-16(21)18-13-5-4-12(27-2)8-15(13)20(25)26/h3-8H,9H2,1-2H3,(H,18,21). The van der Waals surface area contributed by atoms with E-state index in [9.17, 15) is 29.8 Å². The van der Waals surface area contributed by atoms with Gasteiger partial charge in [-0.1, -0.05) is 0 Å². The summed E-state index contributed by atoms with van der Waals surface area (Å²) in [6.07, 6.45) is 0. The predicted molar refractivity (Wildman–Crippen MR) is 96.4 cm³/mol. The summed E-state index contributed by atoms with van der Waals surface area (Å²) in [6, 6.07) is 7.49. The number of benzene rings is 2. The first-order valence-corrected chi connectivity index (χ1v) is 7.77. The lowest BCUT2D eigenvalue weighted by Gasteiger charge is -2.08. The second-order valence-electron chi connectivity index (χ2n) is 5.52. The van der Waals surface area contributed by atoms with Gasteiger partial charge in [-0.2, -0.15) is 0 Å². The molecule has 0 spiro atoms. The summed E-state index contributed by atoms with van der Waals surface area (Å²) < 4.78 is 9.74. The van der Waals surface area contributed by atoms with Crippen LogP contribution < -0.4 is 10.1 Å². The van der Waals surface area contributed by atoms with Crippen molar-refractivity contribution in [1.29, 1.82) is 0 Å². The fourth-order valence-corrected chi connectivity index (χ4v) is 2.28. The van der Waals surface area contributed by atoms with E-state index in [0.717, 1.165) is 12.1 Å². The number of ether oxygens (including phenoxy) is 2. The van der Waals surface area contributed by atoms with E-state index in [-0.39, 0.29) is 33.9 Å². The van der Waals surface area contributed by atoms with Gasteiger partial charge in [0.05, 0.1) is 28.6 Å². The Hall–Kier alpha value is -4.02. The number of amides is 1. The number of carbonyl (C=O) groups excluding carboxylic acids is 2. The number of nitrogens with one attached hydrogen (secondary N) is 1. The van der Waals surface area contributed by atoms with Crippen LogP contribution in [-0.4, -0.2) is 35.4 Å². The topological polar surface area (TPSA) is 151 Å². The number of methoxy groups -OCH3 is 1. The molecule has 2 aromatic rings. The fourth-order valence-electron chi connectivity index (χ4n) is 2.28. The first-order chi connectivity index (χ1) is 13.2. The van der Waals surface area contributed by atoms with Gasteiger partial charge in [0.25, 0.3) is 17.3 Å². The maximum atomic E-state index is 12.0. The van der Waals surface area contributed by atoms with E-state index in [1.807, 2.05) is 0 Å². The van der Waals surface area contributed by atoms with Crippen LogP contribution in [0.2, 0.25) is 0 Å². The monoisotopic (exact) mass is 389 g/mol. The lowest BCUT2D eigenvalue weighted by atomic mass is 10.1. The molecule has 0 radical (unpaired) electrons. The van der Waals surface area contributed by atoms with Crippen molar-refractivity contribution in [2.24, 2.45) is 0 Å². The average molecular weight is 389 g/mol. The van der Waals surface area contributed by atoms with Crippen molar-refractivity contribution in [2.75, 3.05) is 19.0 Å². The van der Waals surface area contributed by atoms with Crippen LogP contribution in [0.25, 0.3) is 0 Å². The lowest BCUT2D eigenvalue weighted by molar-refractivity contribution is -0.385. The molecule has 0 fully saturated rings. The Labute approximate surface area is 158 Å². The lowest BCUT2D eigenvalue weighted by Crippen LogP contribution is -2.21. The number of nitrogens with zero attached hydrogens (tertiary/aromatic N) is 2. The summed E-state index contributed by atoms with van der Waals surface area (Å²) in [5.41, 5.74) is -0.326.